The predicted molar refractivity (Wildman–Crippen MR) is 28.8 cm³/mol. The minimum Gasteiger partial charge on any atom is -0.508 e. The van der Waals surface area contributed by atoms with Gasteiger partial charge < -0.3 is 5.11 Å². The zero-order chi connectivity index (χ0) is 5.98. The fourth-order valence-corrected chi connectivity index (χ4v) is 0.551. The van der Waals surface area contributed by atoms with Crippen LogP contribution in [0.5, 0.6) is 0 Å². The first kappa shape index (κ1) is 5.35. The van der Waals surface area contributed by atoms with Crippen LogP contribution in [0.1, 0.15) is 6.42 Å². The van der Waals surface area contributed by atoms with E-state index in [9.17, 15) is 4.39 Å². The van der Waals surface area contributed by atoms with Gasteiger partial charge in [-0.05, 0) is 12.5 Å². The van der Waals surface area contributed by atoms with E-state index in [-0.39, 0.29) is 11.6 Å². The van der Waals surface area contributed by atoms with E-state index in [1.165, 1.54) is 6.42 Å². The molecule has 2 heteroatoms. The second-order valence-electron chi connectivity index (χ2n) is 1.60. The second-order valence-corrected chi connectivity index (χ2v) is 1.60. The highest BCUT2D eigenvalue weighted by Gasteiger charge is 2.01. The van der Waals surface area contributed by atoms with Crippen molar-refractivity contribution in [1.82, 2.24) is 0 Å². The average Bonchev–Trinajstić information content (AvgIpc) is 1.64. The molecule has 8 heavy (non-hydrogen) atoms. The molecule has 1 N–H and O–H groups in total. The van der Waals surface area contributed by atoms with Crippen LogP contribution in [0.25, 0.3) is 0 Å². The first-order valence-electron chi connectivity index (χ1n) is 2.38. The van der Waals surface area contributed by atoms with Crippen LogP contribution in [0.3, 0.4) is 0 Å². The molecule has 1 aliphatic carbocycles. The summed E-state index contributed by atoms with van der Waals surface area (Å²) in [4.78, 5) is 0. The van der Waals surface area contributed by atoms with Gasteiger partial charge in [-0.15, -0.1) is 0 Å². The number of aliphatic hydroxyl groups is 1. The van der Waals surface area contributed by atoms with E-state index in [1.54, 1.807) is 6.08 Å². The van der Waals surface area contributed by atoms with E-state index in [2.05, 4.69) is 0 Å². The van der Waals surface area contributed by atoms with Crippen molar-refractivity contribution in [1.29, 1.82) is 0 Å². The maximum absolute atomic E-state index is 12.0. The summed E-state index contributed by atoms with van der Waals surface area (Å²) in [5, 5.41) is 8.60. The van der Waals surface area contributed by atoms with Crippen LogP contribution in [0.15, 0.2) is 23.7 Å². The Hall–Kier alpha value is -0.790. The maximum Gasteiger partial charge on any atom is 0.114 e. The summed E-state index contributed by atoms with van der Waals surface area (Å²) in [5.41, 5.74) is 0. The zero-order valence-corrected chi connectivity index (χ0v) is 4.26. The van der Waals surface area contributed by atoms with Crippen molar-refractivity contribution in [3.05, 3.63) is 30.2 Å². The fraction of sp³-hybridized carbons (Fsp3) is 0.167. The zero-order valence-electron chi connectivity index (χ0n) is 4.26. The van der Waals surface area contributed by atoms with Gasteiger partial charge in [-0.2, -0.15) is 0 Å². The lowest BCUT2D eigenvalue weighted by molar-refractivity contribution is 0.423. The smallest absolute Gasteiger partial charge is 0.114 e. The molecule has 0 aromatic heterocycles. The number of hydrogen-bond donors (Lipinski definition) is 1. The third-order valence-corrected chi connectivity index (χ3v) is 0.926. The highest BCUT2D eigenvalue weighted by atomic mass is 19.1. The second kappa shape index (κ2) is 1.99. The highest BCUT2D eigenvalue weighted by Crippen LogP contribution is 2.14. The first-order valence-corrected chi connectivity index (χ1v) is 2.38. The van der Waals surface area contributed by atoms with Crippen molar-refractivity contribution in [2.75, 3.05) is 0 Å². The van der Waals surface area contributed by atoms with Crippen molar-refractivity contribution in [3.8, 4) is 0 Å². The van der Waals surface area contributed by atoms with Gasteiger partial charge in [-0.3, -0.25) is 0 Å². The molecular weight excluding hydrogens is 107 g/mol. The minimum atomic E-state index is -0.356. The monoisotopic (exact) mass is 113 g/mol. The van der Waals surface area contributed by atoms with Crippen LogP contribution in [0.2, 0.25) is 0 Å². The highest BCUT2D eigenvalue weighted by molar-refractivity contribution is 5.24. The van der Waals surface area contributed by atoms with Gasteiger partial charge >= 0.3 is 0 Å². The Labute approximate surface area is 47.1 Å². The molecule has 1 radical (unpaired) electrons. The average molecular weight is 113 g/mol. The van der Waals surface area contributed by atoms with Gasteiger partial charge in [0.15, 0.2) is 0 Å². The SMILES string of the molecule is OC1=CC[CH]C(F)=C1. The van der Waals surface area contributed by atoms with Crippen molar-refractivity contribution in [3.63, 3.8) is 0 Å². The maximum atomic E-state index is 12.0. The Balaban J connectivity index is 2.69. The summed E-state index contributed by atoms with van der Waals surface area (Å²) in [7, 11) is 0. The third kappa shape index (κ3) is 1.09. The molecular formula is C6H6FO. The van der Waals surface area contributed by atoms with Crippen LogP contribution in [0.4, 0.5) is 4.39 Å². The lowest BCUT2D eigenvalue weighted by Crippen LogP contribution is -1.86. The molecule has 0 unspecified atom stereocenters. The number of rotatable bonds is 0. The Morgan fingerprint density at radius 1 is 1.62 bits per heavy atom. The van der Waals surface area contributed by atoms with Crippen LogP contribution in [-0.2, 0) is 0 Å². The van der Waals surface area contributed by atoms with Gasteiger partial charge in [0.1, 0.15) is 11.6 Å². The molecule has 0 atom stereocenters. The van der Waals surface area contributed by atoms with Gasteiger partial charge in [0, 0.05) is 12.5 Å². The Kier molecular flexibility index (Phi) is 1.33. The Bertz CT molecular complexity index is 147. The molecule has 0 aromatic rings. The van der Waals surface area contributed by atoms with Gasteiger partial charge in [0.05, 0.1) is 0 Å². The standard InChI is InChI=1S/C6H6FO/c7-5-2-1-3-6(8)4-5/h2-4,8H,1H2. The van der Waals surface area contributed by atoms with Crippen LogP contribution >= 0.6 is 0 Å². The summed E-state index contributed by atoms with van der Waals surface area (Å²) >= 11 is 0. The molecule has 0 saturated heterocycles. The van der Waals surface area contributed by atoms with E-state index in [4.69, 9.17) is 5.11 Å². The molecule has 0 aromatic carbocycles. The van der Waals surface area contributed by atoms with Crippen LogP contribution in [-0.4, -0.2) is 5.11 Å². The summed E-state index contributed by atoms with van der Waals surface area (Å²) in [6.07, 6.45) is 4.53. The lowest BCUT2D eigenvalue weighted by atomic mass is 10.1. The van der Waals surface area contributed by atoms with Crippen molar-refractivity contribution in [2.24, 2.45) is 0 Å². The fourth-order valence-electron chi connectivity index (χ4n) is 0.551. The molecule has 0 saturated carbocycles. The molecule has 0 fully saturated rings. The number of halogens is 1. The molecule has 1 aliphatic rings. The number of hydrogen-bond acceptors (Lipinski definition) is 1. The Morgan fingerprint density at radius 2 is 2.38 bits per heavy atom. The minimum absolute atomic E-state index is 0.0185. The summed E-state index contributed by atoms with van der Waals surface area (Å²) in [6, 6.07) is 0. The number of allylic oxidation sites excluding steroid dienone is 3. The number of aliphatic hydroxyl groups excluding tert-OH is 1. The molecule has 0 aliphatic heterocycles. The molecule has 0 heterocycles. The molecule has 43 valence electrons. The molecule has 0 spiro atoms. The molecule has 1 nitrogen and oxygen atoms in total. The summed E-state index contributed by atoms with van der Waals surface area (Å²) in [5.74, 6) is -0.338. The van der Waals surface area contributed by atoms with E-state index in [0.29, 0.717) is 6.42 Å². The molecule has 0 amide bonds. The van der Waals surface area contributed by atoms with Gasteiger partial charge in [0.2, 0.25) is 0 Å². The van der Waals surface area contributed by atoms with E-state index < -0.39 is 0 Å². The third-order valence-electron chi connectivity index (χ3n) is 0.926. The molecule has 1 rings (SSSR count). The van der Waals surface area contributed by atoms with E-state index in [1.807, 2.05) is 0 Å². The predicted octanol–water partition coefficient (Wildman–Crippen LogP) is 1.89. The van der Waals surface area contributed by atoms with E-state index in [0.717, 1.165) is 6.08 Å². The Morgan fingerprint density at radius 3 is 2.75 bits per heavy atom. The van der Waals surface area contributed by atoms with Gasteiger partial charge in [0.25, 0.3) is 0 Å². The van der Waals surface area contributed by atoms with Crippen molar-refractivity contribution < 1.29 is 9.50 Å². The molecule has 0 bridgehead atoms. The van der Waals surface area contributed by atoms with Crippen LogP contribution in [0, 0.1) is 6.42 Å². The normalized spacial score (nSPS) is 19.6. The summed E-state index contributed by atoms with van der Waals surface area (Å²) < 4.78 is 12.0. The first-order chi connectivity index (χ1) is 3.79. The largest absolute Gasteiger partial charge is 0.508 e. The van der Waals surface area contributed by atoms with Gasteiger partial charge in [-0.1, -0.05) is 0 Å². The van der Waals surface area contributed by atoms with Crippen molar-refractivity contribution >= 4 is 0 Å². The van der Waals surface area contributed by atoms with Crippen LogP contribution < -0.4 is 0 Å². The summed E-state index contributed by atoms with van der Waals surface area (Å²) in [6.45, 7) is 0. The van der Waals surface area contributed by atoms with Gasteiger partial charge in [-0.25, -0.2) is 4.39 Å². The topological polar surface area (TPSA) is 20.2 Å². The van der Waals surface area contributed by atoms with E-state index >= 15 is 0 Å². The van der Waals surface area contributed by atoms with Crippen molar-refractivity contribution in [2.45, 2.75) is 6.42 Å². The quantitative estimate of drug-likeness (QED) is 0.508. The lowest BCUT2D eigenvalue weighted by Gasteiger charge is -1.99.